The molecule has 0 aliphatic rings. The van der Waals surface area contributed by atoms with Crippen molar-refractivity contribution in [3.8, 4) is 0 Å². The minimum Gasteiger partial charge on any atom is -0.383 e. The monoisotopic (exact) mass is 236 g/mol. The molecule has 0 bridgehead atoms. The number of ether oxygens (including phenoxy) is 1. The number of methoxy groups -OCH3 is 1. The van der Waals surface area contributed by atoms with Crippen molar-refractivity contribution >= 4 is 5.69 Å². The van der Waals surface area contributed by atoms with Gasteiger partial charge < -0.3 is 15.8 Å². The zero-order chi connectivity index (χ0) is 12.7. The first kappa shape index (κ1) is 14.0. The fourth-order valence-corrected chi connectivity index (χ4v) is 1.87. The molecule has 0 radical (unpaired) electrons. The van der Waals surface area contributed by atoms with E-state index in [1.165, 1.54) is 16.8 Å². The molecule has 0 saturated carbocycles. The van der Waals surface area contributed by atoms with E-state index in [1.54, 1.807) is 7.11 Å². The Labute approximate surface area is 104 Å². The standard InChI is InChI=1S/C14H24N2O/c1-11-6-7-12(2)14(9-11)16-13(10-17-3)5-4-8-15/h6-7,9,13,16H,4-5,8,10,15H2,1-3H3. The summed E-state index contributed by atoms with van der Waals surface area (Å²) >= 11 is 0. The van der Waals surface area contributed by atoms with E-state index >= 15 is 0 Å². The Morgan fingerprint density at radius 2 is 2.12 bits per heavy atom. The minimum atomic E-state index is 0.337. The summed E-state index contributed by atoms with van der Waals surface area (Å²) in [4.78, 5) is 0. The third-order valence-electron chi connectivity index (χ3n) is 2.88. The van der Waals surface area contributed by atoms with E-state index in [1.807, 2.05) is 0 Å². The molecule has 0 fully saturated rings. The lowest BCUT2D eigenvalue weighted by atomic mass is 10.1. The first-order chi connectivity index (χ1) is 8.17. The first-order valence-corrected chi connectivity index (χ1v) is 6.20. The van der Waals surface area contributed by atoms with E-state index in [0.29, 0.717) is 12.6 Å². The average molecular weight is 236 g/mol. The van der Waals surface area contributed by atoms with E-state index in [4.69, 9.17) is 10.5 Å². The largest absolute Gasteiger partial charge is 0.383 e. The third kappa shape index (κ3) is 4.75. The van der Waals surface area contributed by atoms with Gasteiger partial charge in [0.05, 0.1) is 6.61 Å². The molecular formula is C14H24N2O. The van der Waals surface area contributed by atoms with Gasteiger partial charge >= 0.3 is 0 Å². The van der Waals surface area contributed by atoms with Crippen LogP contribution in [0.1, 0.15) is 24.0 Å². The van der Waals surface area contributed by atoms with Crippen LogP contribution in [0.15, 0.2) is 18.2 Å². The molecule has 3 nitrogen and oxygen atoms in total. The summed E-state index contributed by atoms with van der Waals surface area (Å²) in [7, 11) is 1.74. The van der Waals surface area contributed by atoms with Crippen LogP contribution in [0.25, 0.3) is 0 Å². The van der Waals surface area contributed by atoms with Crippen molar-refractivity contribution in [1.82, 2.24) is 0 Å². The summed E-state index contributed by atoms with van der Waals surface area (Å²) in [6, 6.07) is 6.79. The Hall–Kier alpha value is -1.06. The van der Waals surface area contributed by atoms with Crippen LogP contribution in [-0.4, -0.2) is 26.3 Å². The first-order valence-electron chi connectivity index (χ1n) is 6.20. The Morgan fingerprint density at radius 3 is 2.76 bits per heavy atom. The van der Waals surface area contributed by atoms with Crippen LogP contribution < -0.4 is 11.1 Å². The van der Waals surface area contributed by atoms with Gasteiger partial charge in [-0.25, -0.2) is 0 Å². The number of nitrogens with two attached hydrogens (primary N) is 1. The summed E-state index contributed by atoms with van der Waals surface area (Å²) in [6.45, 7) is 5.67. The highest BCUT2D eigenvalue weighted by Gasteiger charge is 2.09. The van der Waals surface area contributed by atoms with E-state index < -0.39 is 0 Å². The zero-order valence-corrected chi connectivity index (χ0v) is 11.1. The molecule has 1 atom stereocenters. The van der Waals surface area contributed by atoms with Crippen LogP contribution in [0.4, 0.5) is 5.69 Å². The predicted molar refractivity (Wildman–Crippen MR) is 73.5 cm³/mol. The lowest BCUT2D eigenvalue weighted by molar-refractivity contribution is 0.182. The molecule has 0 saturated heterocycles. The van der Waals surface area contributed by atoms with Crippen molar-refractivity contribution in [2.45, 2.75) is 32.7 Å². The molecule has 17 heavy (non-hydrogen) atoms. The third-order valence-corrected chi connectivity index (χ3v) is 2.88. The van der Waals surface area contributed by atoms with Crippen molar-refractivity contribution in [2.24, 2.45) is 5.73 Å². The van der Waals surface area contributed by atoms with Crippen molar-refractivity contribution < 1.29 is 4.74 Å². The molecular weight excluding hydrogens is 212 g/mol. The number of rotatable bonds is 7. The summed E-state index contributed by atoms with van der Waals surface area (Å²) < 4.78 is 5.24. The fourth-order valence-electron chi connectivity index (χ4n) is 1.87. The number of hydrogen-bond donors (Lipinski definition) is 2. The lowest BCUT2D eigenvalue weighted by Gasteiger charge is -2.20. The smallest absolute Gasteiger partial charge is 0.0664 e. The maximum absolute atomic E-state index is 5.55. The van der Waals surface area contributed by atoms with Crippen molar-refractivity contribution in [1.29, 1.82) is 0 Å². The second kappa shape index (κ2) is 7.30. The highest BCUT2D eigenvalue weighted by atomic mass is 16.5. The molecule has 1 rings (SSSR count). The van der Waals surface area contributed by atoms with Crippen LogP contribution in [-0.2, 0) is 4.74 Å². The van der Waals surface area contributed by atoms with Gasteiger partial charge in [-0.1, -0.05) is 12.1 Å². The van der Waals surface area contributed by atoms with Crippen molar-refractivity contribution in [3.05, 3.63) is 29.3 Å². The normalized spacial score (nSPS) is 12.5. The topological polar surface area (TPSA) is 47.3 Å². The number of benzene rings is 1. The molecule has 96 valence electrons. The van der Waals surface area contributed by atoms with Gasteiger partial charge in [-0.15, -0.1) is 0 Å². The molecule has 3 heteroatoms. The van der Waals surface area contributed by atoms with E-state index in [9.17, 15) is 0 Å². The number of hydrogen-bond acceptors (Lipinski definition) is 3. The lowest BCUT2D eigenvalue weighted by Crippen LogP contribution is -2.26. The van der Waals surface area contributed by atoms with E-state index in [-0.39, 0.29) is 0 Å². The van der Waals surface area contributed by atoms with Gasteiger partial charge in [0, 0.05) is 18.8 Å². The van der Waals surface area contributed by atoms with Crippen LogP contribution in [0, 0.1) is 13.8 Å². The maximum atomic E-state index is 5.55. The summed E-state index contributed by atoms with van der Waals surface area (Å²) in [5.41, 5.74) is 9.29. The average Bonchev–Trinajstić information content (AvgIpc) is 2.31. The predicted octanol–water partition coefficient (Wildman–Crippen LogP) is 2.47. The molecule has 0 aliphatic heterocycles. The van der Waals surface area contributed by atoms with Crippen LogP contribution in [0.5, 0.6) is 0 Å². The molecule has 1 unspecified atom stereocenters. The van der Waals surface area contributed by atoms with Gasteiger partial charge in [-0.2, -0.15) is 0 Å². The van der Waals surface area contributed by atoms with Gasteiger partial charge in [-0.3, -0.25) is 0 Å². The molecule has 3 N–H and O–H groups in total. The SMILES string of the molecule is COCC(CCCN)Nc1cc(C)ccc1C. The van der Waals surface area contributed by atoms with Gasteiger partial charge in [0.15, 0.2) is 0 Å². The minimum absolute atomic E-state index is 0.337. The quantitative estimate of drug-likeness (QED) is 0.764. The highest BCUT2D eigenvalue weighted by Crippen LogP contribution is 2.18. The van der Waals surface area contributed by atoms with Gasteiger partial charge in [0.1, 0.15) is 0 Å². The van der Waals surface area contributed by atoms with Crippen LogP contribution in [0.3, 0.4) is 0 Å². The molecule has 0 amide bonds. The van der Waals surface area contributed by atoms with Crippen molar-refractivity contribution in [2.75, 3.05) is 25.6 Å². The second-order valence-corrected chi connectivity index (χ2v) is 4.55. The Bertz CT molecular complexity index is 339. The highest BCUT2D eigenvalue weighted by molar-refractivity contribution is 5.53. The summed E-state index contributed by atoms with van der Waals surface area (Å²) in [5.74, 6) is 0. The molecule has 1 aromatic carbocycles. The van der Waals surface area contributed by atoms with E-state index in [2.05, 4.69) is 37.4 Å². The number of anilines is 1. The summed E-state index contributed by atoms with van der Waals surface area (Å²) in [5, 5.41) is 3.54. The van der Waals surface area contributed by atoms with Crippen LogP contribution in [0.2, 0.25) is 0 Å². The van der Waals surface area contributed by atoms with Crippen LogP contribution >= 0.6 is 0 Å². The molecule has 0 spiro atoms. The molecule has 1 aromatic rings. The summed E-state index contributed by atoms with van der Waals surface area (Å²) in [6.07, 6.45) is 2.06. The van der Waals surface area contributed by atoms with Gasteiger partial charge in [0.25, 0.3) is 0 Å². The van der Waals surface area contributed by atoms with Crippen molar-refractivity contribution in [3.63, 3.8) is 0 Å². The number of nitrogens with one attached hydrogen (secondary N) is 1. The number of aryl methyl sites for hydroxylation is 2. The zero-order valence-electron chi connectivity index (χ0n) is 11.1. The molecule has 0 heterocycles. The maximum Gasteiger partial charge on any atom is 0.0664 e. The Morgan fingerprint density at radius 1 is 1.35 bits per heavy atom. The fraction of sp³-hybridized carbons (Fsp3) is 0.571. The molecule has 0 aliphatic carbocycles. The Balaban J connectivity index is 2.67. The van der Waals surface area contributed by atoms with Gasteiger partial charge in [-0.05, 0) is 50.4 Å². The molecule has 0 aromatic heterocycles. The van der Waals surface area contributed by atoms with E-state index in [0.717, 1.165) is 19.4 Å². The Kier molecular flexibility index (Phi) is 6.01. The van der Waals surface area contributed by atoms with Gasteiger partial charge in [0.2, 0.25) is 0 Å². The second-order valence-electron chi connectivity index (χ2n) is 4.55.